The molecule has 1 fully saturated rings. The van der Waals surface area contributed by atoms with E-state index in [1.807, 2.05) is 17.5 Å². The molecule has 11 heteroatoms. The van der Waals surface area contributed by atoms with Gasteiger partial charge in [-0.05, 0) is 17.5 Å². The lowest BCUT2D eigenvalue weighted by atomic mass is 10.2. The third kappa shape index (κ3) is 4.08. The zero-order chi connectivity index (χ0) is 20.6. The number of nitrogens with zero attached hydrogens (tertiary/aromatic N) is 4. The average molecular weight is 443 g/mol. The standard InChI is InChI=1S/C18H14ClF3N4O2S/c19-12-8-11(18(20,21)22)10-23-16(12)25-3-5-26(6-4-25)17(27)13-9-14(28-24-13)15-2-1-7-29-15/h1-2,7-10H,3-6H2. The second-order valence-electron chi connectivity index (χ2n) is 6.36. The number of anilines is 1. The lowest BCUT2D eigenvalue weighted by molar-refractivity contribution is -0.137. The van der Waals surface area contributed by atoms with Gasteiger partial charge >= 0.3 is 6.18 Å². The number of aromatic nitrogens is 2. The first-order chi connectivity index (χ1) is 13.8. The van der Waals surface area contributed by atoms with E-state index in [1.54, 1.807) is 15.9 Å². The van der Waals surface area contributed by atoms with Gasteiger partial charge in [0.15, 0.2) is 11.5 Å². The van der Waals surface area contributed by atoms with Gasteiger partial charge < -0.3 is 14.3 Å². The fourth-order valence-electron chi connectivity index (χ4n) is 3.01. The molecule has 152 valence electrons. The summed E-state index contributed by atoms with van der Waals surface area (Å²) in [5.74, 6) is 0.540. The first kappa shape index (κ1) is 19.7. The van der Waals surface area contributed by atoms with Gasteiger partial charge in [0, 0.05) is 38.4 Å². The van der Waals surface area contributed by atoms with Crippen LogP contribution in [0.2, 0.25) is 5.02 Å². The topological polar surface area (TPSA) is 62.5 Å². The van der Waals surface area contributed by atoms with Crippen molar-refractivity contribution in [3.05, 3.63) is 52.1 Å². The molecular formula is C18H14ClF3N4O2S. The third-order valence-electron chi connectivity index (χ3n) is 4.51. The predicted octanol–water partition coefficient (Wildman–Crippen LogP) is 4.43. The first-order valence-corrected chi connectivity index (χ1v) is 9.86. The van der Waals surface area contributed by atoms with E-state index in [2.05, 4.69) is 10.1 Å². The van der Waals surface area contributed by atoms with Crippen molar-refractivity contribution in [2.45, 2.75) is 6.18 Å². The minimum absolute atomic E-state index is 0.0725. The summed E-state index contributed by atoms with van der Waals surface area (Å²) in [6, 6.07) is 6.22. The molecule has 1 aliphatic heterocycles. The van der Waals surface area contributed by atoms with Gasteiger partial charge in [0.25, 0.3) is 5.91 Å². The molecule has 0 atom stereocenters. The van der Waals surface area contributed by atoms with Crippen molar-refractivity contribution < 1.29 is 22.5 Å². The summed E-state index contributed by atoms with van der Waals surface area (Å²) < 4.78 is 43.5. The van der Waals surface area contributed by atoms with Gasteiger partial charge in [0.2, 0.25) is 0 Å². The van der Waals surface area contributed by atoms with Crippen LogP contribution in [0.5, 0.6) is 0 Å². The number of amides is 1. The molecule has 0 N–H and O–H groups in total. The van der Waals surface area contributed by atoms with Crippen LogP contribution in [-0.4, -0.2) is 47.1 Å². The van der Waals surface area contributed by atoms with Gasteiger partial charge in [-0.25, -0.2) is 4.98 Å². The second-order valence-corrected chi connectivity index (χ2v) is 7.72. The minimum atomic E-state index is -4.50. The van der Waals surface area contributed by atoms with Gasteiger partial charge in [-0.3, -0.25) is 4.79 Å². The Balaban J connectivity index is 1.41. The van der Waals surface area contributed by atoms with Gasteiger partial charge in [-0.2, -0.15) is 13.2 Å². The summed E-state index contributed by atoms with van der Waals surface area (Å²) in [5, 5.41) is 5.69. The molecule has 1 amide bonds. The maximum Gasteiger partial charge on any atom is 0.417 e. The number of carbonyl (C=O) groups excluding carboxylic acids is 1. The second kappa shape index (κ2) is 7.68. The Morgan fingerprint density at radius 1 is 1.21 bits per heavy atom. The highest BCUT2D eigenvalue weighted by Crippen LogP contribution is 2.34. The van der Waals surface area contributed by atoms with Crippen LogP contribution in [0.3, 0.4) is 0 Å². The van der Waals surface area contributed by atoms with Crippen LogP contribution in [-0.2, 0) is 6.18 Å². The number of halogens is 4. The van der Waals surface area contributed by atoms with E-state index in [-0.39, 0.29) is 22.4 Å². The summed E-state index contributed by atoms with van der Waals surface area (Å²) in [6.45, 7) is 1.50. The number of pyridine rings is 1. The highest BCUT2D eigenvalue weighted by Gasteiger charge is 2.32. The van der Waals surface area contributed by atoms with Crippen LogP contribution in [0.25, 0.3) is 10.6 Å². The van der Waals surface area contributed by atoms with Crippen LogP contribution in [0.4, 0.5) is 19.0 Å². The fourth-order valence-corrected chi connectivity index (χ4v) is 3.97. The number of alkyl halides is 3. The van der Waals surface area contributed by atoms with E-state index in [0.29, 0.717) is 31.9 Å². The smallest absolute Gasteiger partial charge is 0.355 e. The number of hydrogen-bond donors (Lipinski definition) is 0. The minimum Gasteiger partial charge on any atom is -0.355 e. The molecule has 4 rings (SSSR count). The summed E-state index contributed by atoms with van der Waals surface area (Å²) in [7, 11) is 0. The molecule has 3 aromatic heterocycles. The fraction of sp³-hybridized carbons (Fsp3) is 0.278. The Labute approximate surface area is 172 Å². The third-order valence-corrected chi connectivity index (χ3v) is 5.67. The monoisotopic (exact) mass is 442 g/mol. The van der Waals surface area contributed by atoms with E-state index in [4.69, 9.17) is 16.1 Å². The molecule has 6 nitrogen and oxygen atoms in total. The van der Waals surface area contributed by atoms with E-state index in [1.165, 1.54) is 11.3 Å². The molecule has 29 heavy (non-hydrogen) atoms. The van der Waals surface area contributed by atoms with Crippen molar-refractivity contribution in [2.24, 2.45) is 0 Å². The number of hydrogen-bond acceptors (Lipinski definition) is 6. The Morgan fingerprint density at radius 2 is 1.97 bits per heavy atom. The van der Waals surface area contributed by atoms with Crippen molar-refractivity contribution in [3.8, 4) is 10.6 Å². The molecule has 0 aliphatic carbocycles. The maximum absolute atomic E-state index is 12.8. The number of rotatable bonds is 3. The van der Waals surface area contributed by atoms with E-state index in [9.17, 15) is 18.0 Å². The van der Waals surface area contributed by atoms with Crippen molar-refractivity contribution in [3.63, 3.8) is 0 Å². The molecule has 4 heterocycles. The normalized spacial score (nSPS) is 15.0. The zero-order valence-corrected chi connectivity index (χ0v) is 16.4. The molecule has 1 aliphatic rings. The van der Waals surface area contributed by atoms with Crippen molar-refractivity contribution in [1.29, 1.82) is 0 Å². The predicted molar refractivity (Wildman–Crippen MR) is 102 cm³/mol. The number of carbonyl (C=O) groups is 1. The summed E-state index contributed by atoms with van der Waals surface area (Å²) >= 11 is 7.49. The molecule has 0 radical (unpaired) electrons. The van der Waals surface area contributed by atoms with E-state index in [0.717, 1.165) is 17.1 Å². The van der Waals surface area contributed by atoms with Crippen LogP contribution in [0.1, 0.15) is 16.1 Å². The van der Waals surface area contributed by atoms with Crippen molar-refractivity contribution in [1.82, 2.24) is 15.0 Å². The van der Waals surface area contributed by atoms with Gasteiger partial charge in [0.05, 0.1) is 15.5 Å². The van der Waals surface area contributed by atoms with Crippen molar-refractivity contribution in [2.75, 3.05) is 31.1 Å². The van der Waals surface area contributed by atoms with E-state index < -0.39 is 11.7 Å². The molecule has 0 bridgehead atoms. The largest absolute Gasteiger partial charge is 0.417 e. The molecule has 0 spiro atoms. The Kier molecular flexibility index (Phi) is 5.22. The Hall–Kier alpha value is -2.59. The summed E-state index contributed by atoms with van der Waals surface area (Å²) in [4.78, 5) is 20.8. The molecule has 0 aromatic carbocycles. The van der Waals surface area contributed by atoms with Crippen LogP contribution in [0.15, 0.2) is 40.4 Å². The van der Waals surface area contributed by atoms with Gasteiger partial charge in [-0.1, -0.05) is 22.8 Å². The summed E-state index contributed by atoms with van der Waals surface area (Å²) in [5.41, 5.74) is -0.680. The van der Waals surface area contributed by atoms with Crippen LogP contribution < -0.4 is 4.90 Å². The zero-order valence-electron chi connectivity index (χ0n) is 14.8. The van der Waals surface area contributed by atoms with Gasteiger partial charge in [0.1, 0.15) is 5.82 Å². The Morgan fingerprint density at radius 3 is 2.59 bits per heavy atom. The highest BCUT2D eigenvalue weighted by molar-refractivity contribution is 7.13. The lowest BCUT2D eigenvalue weighted by Crippen LogP contribution is -2.49. The first-order valence-electron chi connectivity index (χ1n) is 8.60. The maximum atomic E-state index is 12.8. The molecule has 1 saturated heterocycles. The molecular weight excluding hydrogens is 429 g/mol. The molecule has 3 aromatic rings. The Bertz CT molecular complexity index is 1010. The quantitative estimate of drug-likeness (QED) is 0.600. The van der Waals surface area contributed by atoms with Crippen molar-refractivity contribution >= 4 is 34.7 Å². The molecule has 0 saturated carbocycles. The lowest BCUT2D eigenvalue weighted by Gasteiger charge is -2.35. The van der Waals surface area contributed by atoms with Crippen LogP contribution >= 0.6 is 22.9 Å². The molecule has 0 unspecified atom stereocenters. The number of piperazine rings is 1. The SMILES string of the molecule is O=C(c1cc(-c2cccs2)on1)N1CCN(c2ncc(C(F)(F)F)cc2Cl)CC1. The van der Waals surface area contributed by atoms with Crippen LogP contribution in [0, 0.1) is 0 Å². The summed E-state index contributed by atoms with van der Waals surface area (Å²) in [6.07, 6.45) is -3.74. The average Bonchev–Trinajstić information content (AvgIpc) is 3.38. The number of thiophene rings is 1. The van der Waals surface area contributed by atoms with E-state index >= 15 is 0 Å². The van der Waals surface area contributed by atoms with Gasteiger partial charge in [-0.15, -0.1) is 11.3 Å². The highest BCUT2D eigenvalue weighted by atomic mass is 35.5.